The van der Waals surface area contributed by atoms with Crippen LogP contribution in [0, 0.1) is 13.8 Å². The zero-order valence-electron chi connectivity index (χ0n) is 18.7. The van der Waals surface area contributed by atoms with Gasteiger partial charge in [-0.15, -0.1) is 0 Å². The summed E-state index contributed by atoms with van der Waals surface area (Å²) in [5, 5.41) is 0. The van der Waals surface area contributed by atoms with E-state index in [1.807, 2.05) is 38.1 Å². The van der Waals surface area contributed by atoms with Crippen LogP contribution in [0.5, 0.6) is 0 Å². The van der Waals surface area contributed by atoms with E-state index in [4.69, 9.17) is 0 Å². The summed E-state index contributed by atoms with van der Waals surface area (Å²) in [7, 11) is 0. The van der Waals surface area contributed by atoms with Crippen molar-refractivity contribution in [3.63, 3.8) is 0 Å². The Morgan fingerprint density at radius 3 is 2.00 bits per heavy atom. The number of hydrogen-bond acceptors (Lipinski definition) is 4. The quantitative estimate of drug-likeness (QED) is 0.303. The Hall–Kier alpha value is -4.00. The van der Waals surface area contributed by atoms with Crippen LogP contribution >= 0.6 is 0 Å². The molecule has 0 bridgehead atoms. The number of carbonyl (C=O) groups excluding carboxylic acids is 4. The van der Waals surface area contributed by atoms with Crippen LogP contribution in [0.25, 0.3) is 0 Å². The minimum absolute atomic E-state index is 0.0110. The van der Waals surface area contributed by atoms with Gasteiger partial charge in [0.05, 0.1) is 13.1 Å². The van der Waals surface area contributed by atoms with Gasteiger partial charge >= 0.3 is 17.8 Å². The summed E-state index contributed by atoms with van der Waals surface area (Å²) < 4.78 is 2.06. The molecule has 0 aliphatic carbocycles. The van der Waals surface area contributed by atoms with Crippen LogP contribution in [0.3, 0.4) is 0 Å². The third-order valence-electron chi connectivity index (χ3n) is 5.96. The minimum Gasteiger partial charge on any atom is -0.348 e. The highest BCUT2D eigenvalue weighted by Gasteiger charge is 2.45. The van der Waals surface area contributed by atoms with Gasteiger partial charge in [0.25, 0.3) is 0 Å². The zero-order valence-corrected chi connectivity index (χ0v) is 18.7. The molecule has 168 valence electrons. The first-order valence-corrected chi connectivity index (χ1v) is 10.8. The number of amides is 4. The van der Waals surface area contributed by atoms with Gasteiger partial charge in [-0.05, 0) is 37.5 Å². The molecule has 33 heavy (non-hydrogen) atoms. The maximum atomic E-state index is 13.0. The first kappa shape index (κ1) is 22.2. The summed E-state index contributed by atoms with van der Waals surface area (Å²) in [5.74, 6) is -2.25. The van der Waals surface area contributed by atoms with Gasteiger partial charge in [0.2, 0.25) is 0 Å². The highest BCUT2D eigenvalue weighted by Crippen LogP contribution is 2.20. The average Bonchev–Trinajstić information content (AvgIpc) is 3.22. The first-order chi connectivity index (χ1) is 15.9. The fraction of sp³-hybridized carbons (Fsp3) is 0.231. The molecule has 1 aliphatic rings. The molecule has 1 aliphatic heterocycles. The number of nitrogens with zero attached hydrogens (tertiary/aromatic N) is 3. The van der Waals surface area contributed by atoms with E-state index in [-0.39, 0.29) is 12.3 Å². The number of carbonyl (C=O) groups is 4. The van der Waals surface area contributed by atoms with E-state index >= 15 is 0 Å². The molecule has 3 aromatic rings. The maximum absolute atomic E-state index is 13.0. The van der Waals surface area contributed by atoms with Crippen LogP contribution in [0.4, 0.5) is 4.79 Å². The molecule has 0 N–H and O–H groups in total. The third kappa shape index (κ3) is 4.48. The van der Waals surface area contributed by atoms with Gasteiger partial charge in [-0.1, -0.05) is 60.7 Å². The van der Waals surface area contributed by atoms with Gasteiger partial charge in [0.15, 0.2) is 5.78 Å². The number of Topliss-reactive ketones (excluding diaryl/α,β-unsaturated/α-hetero) is 1. The van der Waals surface area contributed by atoms with Crippen LogP contribution in [0.15, 0.2) is 66.7 Å². The molecule has 2 aromatic carbocycles. The van der Waals surface area contributed by atoms with Crippen LogP contribution in [0.2, 0.25) is 0 Å². The normalized spacial score (nSPS) is 13.8. The molecule has 4 rings (SSSR count). The Bertz CT molecular complexity index is 1220. The van der Waals surface area contributed by atoms with Crippen molar-refractivity contribution in [2.75, 3.05) is 6.54 Å². The lowest BCUT2D eigenvalue weighted by Gasteiger charge is -2.15. The predicted octanol–water partition coefficient (Wildman–Crippen LogP) is 3.52. The number of urea groups is 1. The van der Waals surface area contributed by atoms with Crippen molar-refractivity contribution < 1.29 is 19.2 Å². The first-order valence-electron chi connectivity index (χ1n) is 10.8. The van der Waals surface area contributed by atoms with Crippen LogP contribution in [-0.2, 0) is 29.1 Å². The number of aryl methyl sites for hydroxylation is 2. The van der Waals surface area contributed by atoms with Crippen LogP contribution < -0.4 is 0 Å². The summed E-state index contributed by atoms with van der Waals surface area (Å²) in [5.41, 5.74) is 4.08. The van der Waals surface area contributed by atoms with Gasteiger partial charge in [0.1, 0.15) is 0 Å². The second kappa shape index (κ2) is 9.24. The molecule has 7 nitrogen and oxygen atoms in total. The molecule has 0 atom stereocenters. The largest absolute Gasteiger partial charge is 0.348 e. The van der Waals surface area contributed by atoms with E-state index < -0.39 is 24.4 Å². The van der Waals surface area contributed by atoms with Crippen molar-refractivity contribution in [2.24, 2.45) is 0 Å². The topological polar surface area (TPSA) is 79.7 Å². The Balaban J connectivity index is 1.47. The second-order valence-electron chi connectivity index (χ2n) is 8.15. The smallest absolute Gasteiger partial charge is 0.334 e. The van der Waals surface area contributed by atoms with Gasteiger partial charge < -0.3 is 4.57 Å². The Morgan fingerprint density at radius 1 is 0.788 bits per heavy atom. The standard InChI is InChI=1S/C26H25N3O4/c1-18-15-22(19(2)27(18)14-13-20-9-5-3-6-10-20)23(30)17-29-25(32)24(31)28(26(29)33)16-21-11-7-4-8-12-21/h3-12,15H,13-14,16-17H2,1-2H3. The zero-order chi connectivity index (χ0) is 23.5. The van der Waals surface area contributed by atoms with Crippen molar-refractivity contribution in [2.45, 2.75) is 33.4 Å². The molecule has 0 saturated carbocycles. The Morgan fingerprint density at radius 2 is 1.36 bits per heavy atom. The molecule has 1 aromatic heterocycles. The van der Waals surface area contributed by atoms with Crippen molar-refractivity contribution in [3.8, 4) is 0 Å². The second-order valence-corrected chi connectivity index (χ2v) is 8.15. The molecular formula is C26H25N3O4. The molecule has 0 radical (unpaired) electrons. The summed E-state index contributed by atoms with van der Waals surface area (Å²) in [6.45, 7) is 4.01. The highest BCUT2D eigenvalue weighted by molar-refractivity contribution is 6.45. The van der Waals surface area contributed by atoms with Gasteiger partial charge in [-0.2, -0.15) is 0 Å². The minimum atomic E-state index is -0.970. The van der Waals surface area contributed by atoms with Crippen LogP contribution in [-0.4, -0.2) is 44.5 Å². The Labute approximate surface area is 192 Å². The molecule has 1 saturated heterocycles. The molecule has 0 unspecified atom stereocenters. The third-order valence-corrected chi connectivity index (χ3v) is 5.96. The molecular weight excluding hydrogens is 418 g/mol. The van der Waals surface area contributed by atoms with E-state index in [1.54, 1.807) is 30.3 Å². The van der Waals surface area contributed by atoms with E-state index in [2.05, 4.69) is 16.7 Å². The van der Waals surface area contributed by atoms with E-state index in [0.29, 0.717) is 12.1 Å². The van der Waals surface area contributed by atoms with Gasteiger partial charge in [-0.3, -0.25) is 19.3 Å². The summed E-state index contributed by atoms with van der Waals surface area (Å²) in [6.07, 6.45) is 0.816. The lowest BCUT2D eigenvalue weighted by Crippen LogP contribution is -2.37. The fourth-order valence-corrected chi connectivity index (χ4v) is 4.14. The lowest BCUT2D eigenvalue weighted by atomic mass is 10.1. The van der Waals surface area contributed by atoms with Crippen molar-refractivity contribution in [3.05, 3.63) is 94.8 Å². The fourth-order valence-electron chi connectivity index (χ4n) is 4.14. The molecule has 0 spiro atoms. The number of benzene rings is 2. The van der Waals surface area contributed by atoms with Crippen molar-refractivity contribution in [1.82, 2.24) is 14.4 Å². The summed E-state index contributed by atoms with van der Waals surface area (Å²) in [4.78, 5) is 52.3. The number of ketones is 1. The molecule has 7 heteroatoms. The van der Waals surface area contributed by atoms with Gasteiger partial charge in [0, 0.05) is 23.5 Å². The van der Waals surface area contributed by atoms with Crippen molar-refractivity contribution >= 4 is 23.6 Å². The number of hydrogen-bond donors (Lipinski definition) is 0. The van der Waals surface area contributed by atoms with Crippen molar-refractivity contribution in [1.29, 1.82) is 0 Å². The molecule has 4 amide bonds. The highest BCUT2D eigenvalue weighted by atomic mass is 16.2. The molecule has 2 heterocycles. The van der Waals surface area contributed by atoms with E-state index in [9.17, 15) is 19.2 Å². The average molecular weight is 444 g/mol. The van der Waals surface area contributed by atoms with E-state index in [1.165, 1.54) is 5.56 Å². The molecule has 1 fully saturated rings. The number of imide groups is 2. The summed E-state index contributed by atoms with van der Waals surface area (Å²) >= 11 is 0. The number of rotatable bonds is 8. The lowest BCUT2D eigenvalue weighted by molar-refractivity contribution is -0.143. The number of aromatic nitrogens is 1. The SMILES string of the molecule is Cc1cc(C(=O)CN2C(=O)C(=O)N(Cc3ccccc3)C2=O)c(C)n1CCc1ccccc1. The van der Waals surface area contributed by atoms with Crippen LogP contribution in [0.1, 0.15) is 32.9 Å². The predicted molar refractivity (Wildman–Crippen MR) is 122 cm³/mol. The van der Waals surface area contributed by atoms with Gasteiger partial charge in [-0.25, -0.2) is 9.69 Å². The maximum Gasteiger partial charge on any atom is 0.334 e. The monoisotopic (exact) mass is 443 g/mol. The Kier molecular flexibility index (Phi) is 6.22. The summed E-state index contributed by atoms with van der Waals surface area (Å²) in [6, 6.07) is 20.0. The van der Waals surface area contributed by atoms with E-state index in [0.717, 1.165) is 33.2 Å².